The number of halogens is 1. The minimum absolute atomic E-state index is 0. The number of piperidine rings is 1. The molecule has 0 aromatic rings. The zero-order valence-electron chi connectivity index (χ0n) is 9.56. The summed E-state index contributed by atoms with van der Waals surface area (Å²) >= 11 is 0. The molecule has 5 heteroatoms. The maximum atomic E-state index is 11.0. The van der Waals surface area contributed by atoms with Crippen molar-refractivity contribution in [3.8, 4) is 0 Å². The molecule has 2 aliphatic heterocycles. The van der Waals surface area contributed by atoms with Gasteiger partial charge in [-0.1, -0.05) is 0 Å². The van der Waals surface area contributed by atoms with Gasteiger partial charge < -0.3 is 15.4 Å². The van der Waals surface area contributed by atoms with E-state index in [1.165, 1.54) is 0 Å². The van der Waals surface area contributed by atoms with Crippen LogP contribution in [0.1, 0.15) is 25.7 Å². The molecule has 16 heavy (non-hydrogen) atoms. The Labute approximate surface area is 103 Å². The fraction of sp³-hybridized carbons (Fsp3) is 0.909. The van der Waals surface area contributed by atoms with E-state index in [1.807, 2.05) is 0 Å². The third-order valence-electron chi connectivity index (χ3n) is 3.64. The van der Waals surface area contributed by atoms with Crippen molar-refractivity contribution in [1.29, 1.82) is 0 Å². The van der Waals surface area contributed by atoms with Gasteiger partial charge >= 0.3 is 0 Å². The van der Waals surface area contributed by atoms with Gasteiger partial charge in [-0.3, -0.25) is 4.79 Å². The third kappa shape index (κ3) is 3.34. The Hall–Kier alpha value is -0.320. The Morgan fingerprint density at radius 2 is 1.69 bits per heavy atom. The maximum absolute atomic E-state index is 11.0. The summed E-state index contributed by atoms with van der Waals surface area (Å²) in [7, 11) is 0. The van der Waals surface area contributed by atoms with Crippen LogP contribution < -0.4 is 5.73 Å². The Bertz CT molecular complexity index is 224. The zero-order chi connectivity index (χ0) is 10.7. The summed E-state index contributed by atoms with van der Waals surface area (Å²) in [5.74, 6) is -0.0114. The van der Waals surface area contributed by atoms with Crippen molar-refractivity contribution < 1.29 is 9.53 Å². The highest BCUT2D eigenvalue weighted by molar-refractivity contribution is 5.85. The van der Waals surface area contributed by atoms with Gasteiger partial charge in [0.05, 0.1) is 0 Å². The van der Waals surface area contributed by atoms with Crippen LogP contribution in [0.5, 0.6) is 0 Å². The molecular weight excluding hydrogens is 228 g/mol. The van der Waals surface area contributed by atoms with Crippen LogP contribution in [-0.4, -0.2) is 43.2 Å². The number of carbonyl (C=O) groups is 1. The van der Waals surface area contributed by atoms with E-state index in [0.29, 0.717) is 6.04 Å². The Morgan fingerprint density at radius 3 is 2.19 bits per heavy atom. The van der Waals surface area contributed by atoms with Crippen molar-refractivity contribution in [3.63, 3.8) is 0 Å². The smallest absolute Gasteiger partial charge is 0.220 e. The molecule has 1 amide bonds. The minimum Gasteiger partial charge on any atom is -0.381 e. The van der Waals surface area contributed by atoms with Gasteiger partial charge in [0.25, 0.3) is 0 Å². The van der Waals surface area contributed by atoms with Crippen LogP contribution in [0.2, 0.25) is 0 Å². The van der Waals surface area contributed by atoms with Crippen LogP contribution in [0.3, 0.4) is 0 Å². The molecule has 0 aromatic heterocycles. The van der Waals surface area contributed by atoms with E-state index in [2.05, 4.69) is 4.90 Å². The molecule has 0 atom stereocenters. The number of carbonyl (C=O) groups excluding carboxylic acids is 1. The molecule has 4 nitrogen and oxygen atoms in total. The second-order valence-corrected chi connectivity index (χ2v) is 4.56. The number of primary amides is 1. The van der Waals surface area contributed by atoms with E-state index in [1.54, 1.807) is 0 Å². The predicted molar refractivity (Wildman–Crippen MR) is 64.6 cm³/mol. The summed E-state index contributed by atoms with van der Waals surface area (Å²) in [4.78, 5) is 13.5. The number of ether oxygens (including phenoxy) is 1. The van der Waals surface area contributed by atoms with Gasteiger partial charge in [0.1, 0.15) is 0 Å². The lowest BCUT2D eigenvalue weighted by Gasteiger charge is -2.38. The number of hydrogen-bond acceptors (Lipinski definition) is 3. The average molecular weight is 249 g/mol. The Morgan fingerprint density at radius 1 is 1.12 bits per heavy atom. The van der Waals surface area contributed by atoms with Crippen molar-refractivity contribution in [1.82, 2.24) is 4.90 Å². The standard InChI is InChI=1S/C11H20N2O2.ClH/c12-11(14)9-1-5-13(6-2-9)10-3-7-15-8-4-10;/h9-10H,1-8H2,(H2,12,14);1H. The number of amides is 1. The molecule has 2 aliphatic rings. The van der Waals surface area contributed by atoms with Crippen molar-refractivity contribution in [2.24, 2.45) is 11.7 Å². The Kier molecular flexibility index (Phi) is 5.52. The first-order chi connectivity index (χ1) is 7.27. The topological polar surface area (TPSA) is 55.6 Å². The SMILES string of the molecule is Cl.NC(=O)C1CCN(C2CCOCC2)CC1. The van der Waals surface area contributed by atoms with E-state index in [0.717, 1.165) is 52.0 Å². The van der Waals surface area contributed by atoms with Crippen LogP contribution in [0, 0.1) is 5.92 Å². The molecule has 94 valence electrons. The van der Waals surface area contributed by atoms with E-state index >= 15 is 0 Å². The molecule has 0 radical (unpaired) electrons. The monoisotopic (exact) mass is 248 g/mol. The molecule has 0 saturated carbocycles. The fourth-order valence-corrected chi connectivity index (χ4v) is 2.60. The molecule has 0 bridgehead atoms. The molecule has 2 rings (SSSR count). The summed E-state index contributed by atoms with van der Waals surface area (Å²) in [5.41, 5.74) is 5.31. The van der Waals surface area contributed by atoms with E-state index in [-0.39, 0.29) is 24.2 Å². The normalized spacial score (nSPS) is 25.0. The van der Waals surface area contributed by atoms with Crippen molar-refractivity contribution in [2.45, 2.75) is 31.7 Å². The summed E-state index contributed by atoms with van der Waals surface area (Å²) in [6.07, 6.45) is 4.15. The molecule has 2 saturated heterocycles. The second kappa shape index (κ2) is 6.42. The lowest BCUT2D eigenvalue weighted by atomic mass is 9.94. The van der Waals surface area contributed by atoms with Gasteiger partial charge in [-0.15, -0.1) is 12.4 Å². The maximum Gasteiger partial charge on any atom is 0.220 e. The number of hydrogen-bond donors (Lipinski definition) is 1. The summed E-state index contributed by atoms with van der Waals surface area (Å²) < 4.78 is 5.35. The largest absolute Gasteiger partial charge is 0.381 e. The second-order valence-electron chi connectivity index (χ2n) is 4.56. The molecule has 0 spiro atoms. The Balaban J connectivity index is 0.00000128. The average Bonchev–Trinajstić information content (AvgIpc) is 2.30. The molecule has 2 fully saturated rings. The van der Waals surface area contributed by atoms with E-state index < -0.39 is 0 Å². The summed E-state index contributed by atoms with van der Waals surface area (Å²) in [5, 5.41) is 0. The summed E-state index contributed by atoms with van der Waals surface area (Å²) in [6, 6.07) is 0.674. The third-order valence-corrected chi connectivity index (χ3v) is 3.64. The number of rotatable bonds is 2. The van der Waals surface area contributed by atoms with Crippen molar-refractivity contribution in [2.75, 3.05) is 26.3 Å². The quantitative estimate of drug-likeness (QED) is 0.786. The number of nitrogens with zero attached hydrogens (tertiary/aromatic N) is 1. The van der Waals surface area contributed by atoms with Gasteiger partial charge in [0, 0.05) is 25.2 Å². The number of likely N-dealkylation sites (tertiary alicyclic amines) is 1. The molecule has 0 unspecified atom stereocenters. The van der Waals surface area contributed by atoms with Gasteiger partial charge in [-0.2, -0.15) is 0 Å². The summed E-state index contributed by atoms with van der Waals surface area (Å²) in [6.45, 7) is 3.83. The molecule has 2 N–H and O–H groups in total. The van der Waals surface area contributed by atoms with Crippen molar-refractivity contribution >= 4 is 18.3 Å². The first-order valence-corrected chi connectivity index (χ1v) is 5.88. The zero-order valence-corrected chi connectivity index (χ0v) is 10.4. The first kappa shape index (κ1) is 13.7. The first-order valence-electron chi connectivity index (χ1n) is 5.88. The van der Waals surface area contributed by atoms with Gasteiger partial charge in [0.2, 0.25) is 5.91 Å². The van der Waals surface area contributed by atoms with Crippen LogP contribution in [0.15, 0.2) is 0 Å². The van der Waals surface area contributed by atoms with E-state index in [9.17, 15) is 4.79 Å². The van der Waals surface area contributed by atoms with Crippen LogP contribution >= 0.6 is 12.4 Å². The van der Waals surface area contributed by atoms with Crippen LogP contribution in [-0.2, 0) is 9.53 Å². The molecule has 2 heterocycles. The van der Waals surface area contributed by atoms with Gasteiger partial charge in [0.15, 0.2) is 0 Å². The lowest BCUT2D eigenvalue weighted by molar-refractivity contribution is -0.123. The lowest BCUT2D eigenvalue weighted by Crippen LogP contribution is -2.45. The molecule has 0 aliphatic carbocycles. The molecule has 0 aromatic carbocycles. The van der Waals surface area contributed by atoms with Crippen LogP contribution in [0.25, 0.3) is 0 Å². The molecular formula is C11H21ClN2O2. The fourth-order valence-electron chi connectivity index (χ4n) is 2.60. The predicted octanol–water partition coefficient (Wildman–Crippen LogP) is 0.784. The highest BCUT2D eigenvalue weighted by atomic mass is 35.5. The van der Waals surface area contributed by atoms with Crippen molar-refractivity contribution in [3.05, 3.63) is 0 Å². The van der Waals surface area contributed by atoms with Crippen LogP contribution in [0.4, 0.5) is 0 Å². The van der Waals surface area contributed by atoms with Gasteiger partial charge in [-0.05, 0) is 38.8 Å². The number of nitrogens with two attached hydrogens (primary N) is 1. The highest BCUT2D eigenvalue weighted by Crippen LogP contribution is 2.22. The minimum atomic E-state index is -0.123. The van der Waals surface area contributed by atoms with E-state index in [4.69, 9.17) is 10.5 Å². The van der Waals surface area contributed by atoms with Gasteiger partial charge in [-0.25, -0.2) is 0 Å². The highest BCUT2D eigenvalue weighted by Gasteiger charge is 2.28.